The van der Waals surface area contributed by atoms with E-state index in [1.807, 2.05) is 29.2 Å². The number of hydrogen-bond donors (Lipinski definition) is 0. The van der Waals surface area contributed by atoms with Gasteiger partial charge in [-0.1, -0.05) is 17.7 Å². The summed E-state index contributed by atoms with van der Waals surface area (Å²) < 4.78 is 5.40. The van der Waals surface area contributed by atoms with Crippen LogP contribution in [0, 0.1) is 0 Å². The van der Waals surface area contributed by atoms with Gasteiger partial charge in [-0.15, -0.1) is 0 Å². The maximum atomic E-state index is 12.9. The van der Waals surface area contributed by atoms with Crippen LogP contribution in [0.4, 0.5) is 5.69 Å². The van der Waals surface area contributed by atoms with Gasteiger partial charge in [0.2, 0.25) is 5.91 Å². The third kappa shape index (κ3) is 5.45. The maximum absolute atomic E-state index is 12.9. The molecule has 0 N–H and O–H groups in total. The minimum absolute atomic E-state index is 0.0205. The molecule has 3 heterocycles. The molecule has 0 aliphatic carbocycles. The maximum Gasteiger partial charge on any atom is 0.274 e. The molecule has 166 valence electrons. The van der Waals surface area contributed by atoms with E-state index in [4.69, 9.17) is 16.0 Å². The number of hydrogen-bond acceptors (Lipinski definition) is 6. The zero-order valence-electron chi connectivity index (χ0n) is 17.6. The van der Waals surface area contributed by atoms with E-state index in [9.17, 15) is 9.59 Å². The molecular weight excluding hydrogens is 430 g/mol. The Morgan fingerprint density at radius 2 is 1.94 bits per heavy atom. The summed E-state index contributed by atoms with van der Waals surface area (Å²) in [7, 11) is 0. The first-order chi connectivity index (χ1) is 15.6. The van der Waals surface area contributed by atoms with E-state index in [2.05, 4.69) is 14.9 Å². The topological polar surface area (TPSA) is 82.8 Å². The highest BCUT2D eigenvalue weighted by Crippen LogP contribution is 2.21. The van der Waals surface area contributed by atoms with Crippen molar-refractivity contribution in [3.05, 3.63) is 77.7 Å². The van der Waals surface area contributed by atoms with Crippen LogP contribution in [0.15, 0.2) is 65.7 Å². The molecule has 4 rings (SSSR count). The first-order valence-corrected chi connectivity index (χ1v) is 10.8. The Hall–Kier alpha value is -3.39. The Morgan fingerprint density at radius 1 is 1.09 bits per heavy atom. The summed E-state index contributed by atoms with van der Waals surface area (Å²) in [6, 6.07) is 11.3. The van der Waals surface area contributed by atoms with E-state index in [1.54, 1.807) is 23.3 Å². The van der Waals surface area contributed by atoms with Gasteiger partial charge in [-0.25, -0.2) is 4.98 Å². The molecule has 1 aliphatic rings. The van der Waals surface area contributed by atoms with Crippen LogP contribution in [0.5, 0.6) is 0 Å². The van der Waals surface area contributed by atoms with Crippen LogP contribution in [0.1, 0.15) is 22.7 Å². The summed E-state index contributed by atoms with van der Waals surface area (Å²) in [6.45, 7) is 3.26. The van der Waals surface area contributed by atoms with Crippen LogP contribution in [0.3, 0.4) is 0 Å². The fourth-order valence-corrected chi connectivity index (χ4v) is 3.87. The highest BCUT2D eigenvalue weighted by Gasteiger charge is 2.24. The normalized spacial score (nSPS) is 13.8. The molecule has 3 aromatic rings. The molecule has 32 heavy (non-hydrogen) atoms. The van der Waals surface area contributed by atoms with E-state index in [0.717, 1.165) is 18.8 Å². The molecule has 1 aliphatic heterocycles. The second-order valence-corrected chi connectivity index (χ2v) is 7.93. The van der Waals surface area contributed by atoms with E-state index < -0.39 is 0 Å². The standard InChI is InChI=1S/C23H24ClN5O3/c24-18-3-1-4-19(15-18)27-10-12-28(13-11-27)22(30)6-9-29(17-20-5-2-14-32-20)23(31)21-16-25-7-8-26-21/h1-5,7-8,14-16H,6,9-13,17H2. The molecule has 0 spiro atoms. The Kier molecular flexibility index (Phi) is 7.01. The lowest BCUT2D eigenvalue weighted by Crippen LogP contribution is -2.49. The van der Waals surface area contributed by atoms with Crippen molar-refractivity contribution in [1.29, 1.82) is 0 Å². The lowest BCUT2D eigenvalue weighted by Gasteiger charge is -2.36. The van der Waals surface area contributed by atoms with Gasteiger partial charge in [0.05, 0.1) is 19.0 Å². The fourth-order valence-electron chi connectivity index (χ4n) is 3.69. The summed E-state index contributed by atoms with van der Waals surface area (Å²) >= 11 is 6.10. The molecule has 9 heteroatoms. The number of aromatic nitrogens is 2. The van der Waals surface area contributed by atoms with E-state index in [0.29, 0.717) is 23.9 Å². The first kappa shape index (κ1) is 21.8. The summed E-state index contributed by atoms with van der Waals surface area (Å²) in [5.41, 5.74) is 1.30. The summed E-state index contributed by atoms with van der Waals surface area (Å²) in [5.74, 6) is 0.380. The number of anilines is 1. The first-order valence-electron chi connectivity index (χ1n) is 10.5. The predicted octanol–water partition coefficient (Wildman–Crippen LogP) is 3.10. The largest absolute Gasteiger partial charge is 0.467 e. The van der Waals surface area contributed by atoms with Crippen LogP contribution in [-0.4, -0.2) is 64.3 Å². The minimum Gasteiger partial charge on any atom is -0.467 e. The van der Waals surface area contributed by atoms with E-state index >= 15 is 0 Å². The molecule has 8 nitrogen and oxygen atoms in total. The van der Waals surface area contributed by atoms with Crippen molar-refractivity contribution < 1.29 is 14.0 Å². The average molecular weight is 454 g/mol. The lowest BCUT2D eigenvalue weighted by molar-refractivity contribution is -0.131. The van der Waals surface area contributed by atoms with Crippen molar-refractivity contribution in [2.45, 2.75) is 13.0 Å². The molecule has 0 bridgehead atoms. The number of carbonyl (C=O) groups excluding carboxylic acids is 2. The van der Waals surface area contributed by atoms with Crippen LogP contribution < -0.4 is 4.90 Å². The molecule has 2 aromatic heterocycles. The van der Waals surface area contributed by atoms with Crippen LogP contribution in [0.25, 0.3) is 0 Å². The number of rotatable bonds is 7. The quantitative estimate of drug-likeness (QED) is 0.546. The number of halogens is 1. The number of furan rings is 1. The van der Waals surface area contributed by atoms with Gasteiger partial charge in [0.15, 0.2) is 0 Å². The van der Waals surface area contributed by atoms with E-state index in [-0.39, 0.29) is 37.0 Å². The van der Waals surface area contributed by atoms with Crippen molar-refractivity contribution in [3.8, 4) is 0 Å². The van der Waals surface area contributed by atoms with Crippen molar-refractivity contribution in [2.75, 3.05) is 37.6 Å². The summed E-state index contributed by atoms with van der Waals surface area (Å²) in [4.78, 5) is 39.5. The van der Waals surface area contributed by atoms with Gasteiger partial charge in [-0.05, 0) is 30.3 Å². The van der Waals surface area contributed by atoms with Crippen LogP contribution in [0.2, 0.25) is 5.02 Å². The molecule has 0 saturated carbocycles. The lowest BCUT2D eigenvalue weighted by atomic mass is 10.2. The van der Waals surface area contributed by atoms with Gasteiger partial charge >= 0.3 is 0 Å². The molecule has 0 atom stereocenters. The summed E-state index contributed by atoms with van der Waals surface area (Å²) in [5, 5.41) is 0.699. The number of amides is 2. The smallest absolute Gasteiger partial charge is 0.274 e. The average Bonchev–Trinajstić information content (AvgIpc) is 3.35. The van der Waals surface area contributed by atoms with Gasteiger partial charge in [0.25, 0.3) is 5.91 Å². The SMILES string of the molecule is O=C(CCN(Cc1ccco1)C(=O)c1cnccn1)N1CCN(c2cccc(Cl)c2)CC1. The zero-order valence-corrected chi connectivity index (χ0v) is 18.3. The van der Waals surface area contributed by atoms with Crippen LogP contribution >= 0.6 is 11.6 Å². The zero-order chi connectivity index (χ0) is 22.3. The van der Waals surface area contributed by atoms with Crippen molar-refractivity contribution in [2.24, 2.45) is 0 Å². The van der Waals surface area contributed by atoms with Gasteiger partial charge in [-0.2, -0.15) is 0 Å². The van der Waals surface area contributed by atoms with Gasteiger partial charge < -0.3 is 19.1 Å². The number of piperazine rings is 1. The highest BCUT2D eigenvalue weighted by atomic mass is 35.5. The summed E-state index contributed by atoms with van der Waals surface area (Å²) in [6.07, 6.45) is 6.20. The minimum atomic E-state index is -0.284. The Morgan fingerprint density at radius 3 is 2.62 bits per heavy atom. The third-order valence-corrected chi connectivity index (χ3v) is 5.63. The molecule has 1 aromatic carbocycles. The fraction of sp³-hybridized carbons (Fsp3) is 0.304. The van der Waals surface area contributed by atoms with Crippen molar-refractivity contribution >= 4 is 29.1 Å². The molecule has 0 radical (unpaired) electrons. The van der Waals surface area contributed by atoms with Gasteiger partial charge in [0.1, 0.15) is 11.5 Å². The number of benzene rings is 1. The molecule has 2 amide bonds. The third-order valence-electron chi connectivity index (χ3n) is 5.40. The molecular formula is C23H24ClN5O3. The number of carbonyl (C=O) groups is 2. The Balaban J connectivity index is 1.34. The molecule has 0 unspecified atom stereocenters. The Labute approximate surface area is 191 Å². The monoisotopic (exact) mass is 453 g/mol. The van der Waals surface area contributed by atoms with Crippen LogP contribution in [-0.2, 0) is 11.3 Å². The highest BCUT2D eigenvalue weighted by molar-refractivity contribution is 6.30. The second-order valence-electron chi connectivity index (χ2n) is 7.49. The van der Waals surface area contributed by atoms with E-state index in [1.165, 1.54) is 18.6 Å². The molecule has 1 fully saturated rings. The number of nitrogens with zero attached hydrogens (tertiary/aromatic N) is 5. The second kappa shape index (κ2) is 10.3. The predicted molar refractivity (Wildman–Crippen MR) is 120 cm³/mol. The van der Waals surface area contributed by atoms with Crippen molar-refractivity contribution in [3.63, 3.8) is 0 Å². The molecule has 1 saturated heterocycles. The van der Waals surface area contributed by atoms with Crippen molar-refractivity contribution in [1.82, 2.24) is 19.8 Å². The Bertz CT molecular complexity index is 1040. The van der Waals surface area contributed by atoms with Gasteiger partial charge in [-0.3, -0.25) is 14.6 Å². The van der Waals surface area contributed by atoms with Gasteiger partial charge in [0, 0.05) is 62.2 Å².